The highest BCUT2D eigenvalue weighted by Gasteiger charge is 2.37. The van der Waals surface area contributed by atoms with Gasteiger partial charge in [-0.05, 0) is 37.3 Å². The van der Waals surface area contributed by atoms with Crippen LogP contribution in [0.2, 0.25) is 0 Å². The predicted octanol–water partition coefficient (Wildman–Crippen LogP) is 1.56. The monoisotopic (exact) mass is 352 g/mol. The molecule has 1 aromatic carbocycles. The van der Waals surface area contributed by atoms with Crippen molar-refractivity contribution in [3.63, 3.8) is 0 Å². The molecule has 24 heavy (non-hydrogen) atoms. The van der Waals surface area contributed by atoms with Crippen LogP contribution >= 0.6 is 0 Å². The first-order chi connectivity index (χ1) is 11.5. The zero-order chi connectivity index (χ0) is 17.2. The maximum atomic E-state index is 13.0. The van der Waals surface area contributed by atoms with Gasteiger partial charge in [0.05, 0.1) is 12.5 Å². The van der Waals surface area contributed by atoms with Gasteiger partial charge in [-0.2, -0.15) is 17.0 Å². The van der Waals surface area contributed by atoms with Crippen molar-refractivity contribution in [2.75, 3.05) is 26.2 Å². The van der Waals surface area contributed by atoms with Crippen molar-refractivity contribution in [1.82, 2.24) is 8.61 Å². The summed E-state index contributed by atoms with van der Waals surface area (Å²) in [5.74, 6) is -0.646. The average Bonchev–Trinajstić information content (AvgIpc) is 2.61. The maximum absolute atomic E-state index is 13.0. The van der Waals surface area contributed by atoms with Gasteiger partial charge in [0.25, 0.3) is 10.2 Å². The molecule has 2 aliphatic heterocycles. The molecule has 0 aromatic heterocycles. The Morgan fingerprint density at radius 2 is 1.96 bits per heavy atom. The summed E-state index contributed by atoms with van der Waals surface area (Å²) < 4.78 is 34.0. The average molecular weight is 352 g/mol. The Morgan fingerprint density at radius 3 is 2.71 bits per heavy atom. The second kappa shape index (κ2) is 7.21. The van der Waals surface area contributed by atoms with Crippen molar-refractivity contribution in [2.24, 2.45) is 5.92 Å². The molecule has 0 bridgehead atoms. The van der Waals surface area contributed by atoms with Gasteiger partial charge in [0.15, 0.2) is 0 Å². The van der Waals surface area contributed by atoms with Gasteiger partial charge in [-0.15, -0.1) is 0 Å². The molecule has 1 saturated heterocycles. The molecule has 0 spiro atoms. The minimum absolute atomic E-state index is 0.222. The van der Waals surface area contributed by atoms with Crippen LogP contribution in [0.15, 0.2) is 24.3 Å². The van der Waals surface area contributed by atoms with E-state index in [1.165, 1.54) is 14.2 Å². The summed E-state index contributed by atoms with van der Waals surface area (Å²) in [5, 5.41) is 0. The number of hydrogen-bond acceptors (Lipinski definition) is 4. The zero-order valence-electron chi connectivity index (χ0n) is 14.0. The minimum atomic E-state index is -3.55. The number of carbonyl (C=O) groups excluding carboxylic acids is 1. The maximum Gasteiger partial charge on any atom is 0.310 e. The molecule has 0 radical (unpaired) electrons. The van der Waals surface area contributed by atoms with Crippen molar-refractivity contribution in [3.8, 4) is 0 Å². The third-order valence-corrected chi connectivity index (χ3v) is 6.70. The van der Waals surface area contributed by atoms with E-state index in [-0.39, 0.29) is 18.4 Å². The molecular formula is C17H24N2O4S. The van der Waals surface area contributed by atoms with Crippen molar-refractivity contribution in [3.05, 3.63) is 35.4 Å². The fraction of sp³-hybridized carbons (Fsp3) is 0.588. The normalized spacial score (nSPS) is 22.8. The number of hydrogen-bond donors (Lipinski definition) is 0. The highest BCUT2D eigenvalue weighted by atomic mass is 32.2. The van der Waals surface area contributed by atoms with Crippen LogP contribution in [0.3, 0.4) is 0 Å². The quantitative estimate of drug-likeness (QED) is 0.772. The lowest BCUT2D eigenvalue weighted by Gasteiger charge is -2.36. The second-order valence-corrected chi connectivity index (χ2v) is 8.24. The van der Waals surface area contributed by atoms with Crippen LogP contribution in [-0.2, 0) is 32.7 Å². The van der Waals surface area contributed by atoms with Gasteiger partial charge in [-0.3, -0.25) is 4.79 Å². The molecule has 1 unspecified atom stereocenters. The molecular weight excluding hydrogens is 328 g/mol. The van der Waals surface area contributed by atoms with Gasteiger partial charge in [-0.25, -0.2) is 0 Å². The molecule has 6 nitrogen and oxygen atoms in total. The summed E-state index contributed by atoms with van der Waals surface area (Å²) in [7, 11) is -3.55. The number of carbonyl (C=O) groups is 1. The smallest absolute Gasteiger partial charge is 0.310 e. The number of piperidine rings is 1. The molecule has 7 heteroatoms. The van der Waals surface area contributed by atoms with Crippen LogP contribution in [0.4, 0.5) is 0 Å². The highest BCUT2D eigenvalue weighted by Crippen LogP contribution is 2.26. The van der Waals surface area contributed by atoms with Crippen molar-refractivity contribution in [1.29, 1.82) is 0 Å². The van der Waals surface area contributed by atoms with Crippen molar-refractivity contribution >= 4 is 16.2 Å². The summed E-state index contributed by atoms with van der Waals surface area (Å²) in [6.07, 6.45) is 2.10. The number of nitrogens with zero attached hydrogens (tertiary/aromatic N) is 2. The summed E-state index contributed by atoms with van der Waals surface area (Å²) in [6.45, 7) is 3.67. The Bertz CT molecular complexity index is 704. The molecule has 0 aliphatic carbocycles. The highest BCUT2D eigenvalue weighted by molar-refractivity contribution is 7.86. The summed E-state index contributed by atoms with van der Waals surface area (Å²) in [5.41, 5.74) is 2.28. The van der Waals surface area contributed by atoms with E-state index in [1.54, 1.807) is 6.92 Å². The van der Waals surface area contributed by atoms with E-state index >= 15 is 0 Å². The van der Waals surface area contributed by atoms with E-state index in [1.807, 2.05) is 18.2 Å². The van der Waals surface area contributed by atoms with E-state index in [0.717, 1.165) is 12.0 Å². The Morgan fingerprint density at radius 1 is 1.21 bits per heavy atom. The Hall–Kier alpha value is -1.44. The Balaban J connectivity index is 1.72. The van der Waals surface area contributed by atoms with Gasteiger partial charge in [0.2, 0.25) is 0 Å². The molecule has 132 valence electrons. The first kappa shape index (κ1) is 17.4. The third kappa shape index (κ3) is 3.48. The number of fused-ring (bicyclic) bond motifs is 1. The van der Waals surface area contributed by atoms with Crippen LogP contribution < -0.4 is 0 Å². The van der Waals surface area contributed by atoms with Gasteiger partial charge in [-0.1, -0.05) is 24.3 Å². The molecule has 0 amide bonds. The lowest BCUT2D eigenvalue weighted by Crippen LogP contribution is -2.50. The molecule has 2 heterocycles. The van der Waals surface area contributed by atoms with E-state index in [9.17, 15) is 13.2 Å². The summed E-state index contributed by atoms with van der Waals surface area (Å²) in [6, 6.07) is 7.95. The summed E-state index contributed by atoms with van der Waals surface area (Å²) >= 11 is 0. The van der Waals surface area contributed by atoms with E-state index in [4.69, 9.17) is 4.74 Å². The van der Waals surface area contributed by atoms with E-state index in [2.05, 4.69) is 6.07 Å². The zero-order valence-corrected chi connectivity index (χ0v) is 14.8. The lowest BCUT2D eigenvalue weighted by atomic mass is 10.0. The van der Waals surface area contributed by atoms with Gasteiger partial charge >= 0.3 is 5.97 Å². The molecule has 1 fully saturated rings. The topological polar surface area (TPSA) is 66.9 Å². The minimum Gasteiger partial charge on any atom is -0.466 e. The number of rotatable bonds is 4. The van der Waals surface area contributed by atoms with Gasteiger partial charge in [0, 0.05) is 26.2 Å². The molecule has 3 rings (SSSR count). The first-order valence-corrected chi connectivity index (χ1v) is 9.90. The molecule has 0 N–H and O–H groups in total. The standard InChI is InChI=1S/C17H24N2O4S/c1-2-23-17(20)16-8-5-10-18(13-16)24(21,22)19-11-9-14-6-3-4-7-15(14)12-19/h3-4,6-7,16H,2,5,8-13H2,1H3. The van der Waals surface area contributed by atoms with Crippen LogP contribution in [0.5, 0.6) is 0 Å². The second-order valence-electron chi connectivity index (χ2n) is 6.31. The largest absolute Gasteiger partial charge is 0.466 e. The van der Waals surface area contributed by atoms with E-state index in [0.29, 0.717) is 39.1 Å². The van der Waals surface area contributed by atoms with Crippen LogP contribution in [0, 0.1) is 5.92 Å². The molecule has 2 aliphatic rings. The fourth-order valence-corrected chi connectivity index (χ4v) is 5.11. The number of ether oxygens (including phenoxy) is 1. The number of esters is 1. The number of benzene rings is 1. The van der Waals surface area contributed by atoms with Gasteiger partial charge < -0.3 is 4.74 Å². The molecule has 0 saturated carbocycles. The fourth-order valence-electron chi connectivity index (χ4n) is 3.43. The molecule has 1 atom stereocenters. The first-order valence-electron chi connectivity index (χ1n) is 8.51. The van der Waals surface area contributed by atoms with Crippen molar-refractivity contribution in [2.45, 2.75) is 32.7 Å². The Kier molecular flexibility index (Phi) is 5.22. The van der Waals surface area contributed by atoms with Crippen LogP contribution in [0.25, 0.3) is 0 Å². The SMILES string of the molecule is CCOC(=O)C1CCCN(S(=O)(=O)N2CCc3ccccc3C2)C1. The van der Waals surface area contributed by atoms with Crippen LogP contribution in [-0.4, -0.2) is 49.2 Å². The third-order valence-electron chi connectivity index (χ3n) is 4.75. The van der Waals surface area contributed by atoms with Gasteiger partial charge in [0.1, 0.15) is 0 Å². The lowest BCUT2D eigenvalue weighted by molar-refractivity contribution is -0.149. The summed E-state index contributed by atoms with van der Waals surface area (Å²) in [4.78, 5) is 12.0. The Labute approximate surface area is 143 Å². The van der Waals surface area contributed by atoms with E-state index < -0.39 is 10.2 Å². The molecule has 1 aromatic rings. The van der Waals surface area contributed by atoms with Crippen molar-refractivity contribution < 1.29 is 17.9 Å². The van der Waals surface area contributed by atoms with Crippen LogP contribution in [0.1, 0.15) is 30.9 Å². The predicted molar refractivity (Wildman–Crippen MR) is 90.4 cm³/mol.